The van der Waals surface area contributed by atoms with Crippen LogP contribution in [0, 0.1) is 6.92 Å². The highest BCUT2D eigenvalue weighted by Gasteiger charge is 2.13. The Labute approximate surface area is 147 Å². The summed E-state index contributed by atoms with van der Waals surface area (Å²) in [5.41, 5.74) is 0. The van der Waals surface area contributed by atoms with Crippen LogP contribution in [0.5, 0.6) is 0 Å². The maximum Gasteiger partial charge on any atom is 0.321 e. The van der Waals surface area contributed by atoms with Gasteiger partial charge in [-0.05, 0) is 32.4 Å². The summed E-state index contributed by atoms with van der Waals surface area (Å²) in [6.45, 7) is 4.32. The number of hydrogen-bond acceptors (Lipinski definition) is 4. The average molecular weight is 347 g/mol. The molecule has 8 heteroatoms. The van der Waals surface area contributed by atoms with Crippen molar-refractivity contribution >= 4 is 17.8 Å². The van der Waals surface area contributed by atoms with E-state index < -0.39 is 0 Å². The molecule has 0 saturated carbocycles. The van der Waals surface area contributed by atoms with Crippen LogP contribution in [0.25, 0.3) is 0 Å². The largest absolute Gasteiger partial charge is 0.464 e. The van der Waals surface area contributed by atoms with Crippen LogP contribution in [0.3, 0.4) is 0 Å². The fourth-order valence-corrected chi connectivity index (χ4v) is 2.28. The molecule has 8 nitrogen and oxygen atoms in total. The molecule has 0 aliphatic carbocycles. The second-order valence-electron chi connectivity index (χ2n) is 6.12. The summed E-state index contributed by atoms with van der Waals surface area (Å²) < 4.78 is 7.19. The molecule has 2 rings (SSSR count). The first kappa shape index (κ1) is 18.6. The third kappa shape index (κ3) is 5.66. The van der Waals surface area contributed by atoms with Gasteiger partial charge in [-0.25, -0.2) is 4.79 Å². The van der Waals surface area contributed by atoms with E-state index in [1.54, 1.807) is 35.9 Å². The Hall–Kier alpha value is -2.77. The molecule has 0 saturated heterocycles. The summed E-state index contributed by atoms with van der Waals surface area (Å²) in [6.07, 6.45) is 2.93. The summed E-state index contributed by atoms with van der Waals surface area (Å²) in [4.78, 5) is 25.1. The molecular formula is C17H25N5O3. The zero-order valence-corrected chi connectivity index (χ0v) is 15.1. The third-order valence-electron chi connectivity index (χ3n) is 3.69. The number of rotatable bonds is 7. The van der Waals surface area contributed by atoms with E-state index in [1.807, 2.05) is 26.0 Å². The van der Waals surface area contributed by atoms with Gasteiger partial charge in [0.1, 0.15) is 11.5 Å². The van der Waals surface area contributed by atoms with Crippen LogP contribution < -0.4 is 10.6 Å². The quantitative estimate of drug-likeness (QED) is 0.805. The summed E-state index contributed by atoms with van der Waals surface area (Å²) in [7, 11) is 3.48. The number of carbonyl (C=O) groups excluding carboxylic acids is 2. The molecule has 0 unspecified atom stereocenters. The lowest BCUT2D eigenvalue weighted by Crippen LogP contribution is -2.31. The van der Waals surface area contributed by atoms with Gasteiger partial charge in [-0.15, -0.1) is 0 Å². The molecule has 2 aromatic rings. The monoisotopic (exact) mass is 347 g/mol. The van der Waals surface area contributed by atoms with Gasteiger partial charge in [0.15, 0.2) is 5.82 Å². The first-order valence-corrected chi connectivity index (χ1v) is 8.22. The molecule has 136 valence electrons. The van der Waals surface area contributed by atoms with Crippen molar-refractivity contribution in [3.63, 3.8) is 0 Å². The Kier molecular flexibility index (Phi) is 6.21. The molecule has 0 spiro atoms. The summed E-state index contributed by atoms with van der Waals surface area (Å²) >= 11 is 0. The summed E-state index contributed by atoms with van der Waals surface area (Å²) in [5, 5.41) is 9.76. The van der Waals surface area contributed by atoms with E-state index >= 15 is 0 Å². The van der Waals surface area contributed by atoms with Gasteiger partial charge in [0.2, 0.25) is 5.91 Å². The highest BCUT2D eigenvalue weighted by Crippen LogP contribution is 2.15. The van der Waals surface area contributed by atoms with Crippen molar-refractivity contribution in [3.8, 4) is 0 Å². The van der Waals surface area contributed by atoms with Crippen molar-refractivity contribution in [1.82, 2.24) is 20.0 Å². The number of hydrogen-bond donors (Lipinski definition) is 2. The van der Waals surface area contributed by atoms with Crippen molar-refractivity contribution in [2.45, 2.75) is 39.3 Å². The van der Waals surface area contributed by atoms with Gasteiger partial charge in [0.05, 0.1) is 6.04 Å². The Balaban J connectivity index is 1.78. The molecule has 3 amide bonds. The van der Waals surface area contributed by atoms with E-state index in [1.165, 1.54) is 0 Å². The lowest BCUT2D eigenvalue weighted by atomic mass is 10.2. The first-order chi connectivity index (χ1) is 11.8. The predicted octanol–water partition coefficient (Wildman–Crippen LogP) is 2.54. The standard InChI is InChI=1S/C17H25N5O3/c1-12-7-8-14(25-12)13(2)18-17(24)19-15-9-11-22(20-15)10-5-6-16(23)21(3)4/h7-9,11,13H,5-6,10H2,1-4H3,(H2,18,19,20,24)/t13-/m1/s1. The number of nitrogens with zero attached hydrogens (tertiary/aromatic N) is 3. The Morgan fingerprint density at radius 2 is 2.08 bits per heavy atom. The van der Waals surface area contributed by atoms with Gasteiger partial charge in [-0.3, -0.25) is 14.8 Å². The van der Waals surface area contributed by atoms with Crippen molar-refractivity contribution < 1.29 is 14.0 Å². The zero-order chi connectivity index (χ0) is 18.4. The SMILES string of the molecule is Cc1ccc([C@@H](C)NC(=O)Nc2ccn(CCCC(=O)N(C)C)n2)o1. The Morgan fingerprint density at radius 3 is 2.72 bits per heavy atom. The molecule has 2 aromatic heterocycles. The van der Waals surface area contributed by atoms with E-state index in [0.29, 0.717) is 31.0 Å². The number of nitrogens with one attached hydrogen (secondary N) is 2. The number of aryl methyl sites for hydroxylation is 2. The Morgan fingerprint density at radius 1 is 1.32 bits per heavy atom. The van der Waals surface area contributed by atoms with E-state index in [-0.39, 0.29) is 18.0 Å². The minimum Gasteiger partial charge on any atom is -0.464 e. The molecule has 25 heavy (non-hydrogen) atoms. The highest BCUT2D eigenvalue weighted by molar-refractivity contribution is 5.88. The van der Waals surface area contributed by atoms with Crippen LogP contribution in [0.2, 0.25) is 0 Å². The lowest BCUT2D eigenvalue weighted by molar-refractivity contribution is -0.128. The molecule has 2 heterocycles. The van der Waals surface area contributed by atoms with Gasteiger partial charge in [-0.1, -0.05) is 0 Å². The van der Waals surface area contributed by atoms with Crippen molar-refractivity contribution in [2.75, 3.05) is 19.4 Å². The molecule has 0 aliphatic heterocycles. The number of furan rings is 1. The van der Waals surface area contributed by atoms with Crippen molar-refractivity contribution in [3.05, 3.63) is 35.9 Å². The molecular weight excluding hydrogens is 322 g/mol. The minimum atomic E-state index is -0.352. The maximum absolute atomic E-state index is 12.0. The third-order valence-corrected chi connectivity index (χ3v) is 3.69. The fraction of sp³-hybridized carbons (Fsp3) is 0.471. The normalized spacial score (nSPS) is 11.8. The average Bonchev–Trinajstić information content (AvgIpc) is 3.16. The van der Waals surface area contributed by atoms with Gasteiger partial charge in [0.25, 0.3) is 0 Å². The van der Waals surface area contributed by atoms with E-state index in [0.717, 1.165) is 5.76 Å². The number of aromatic nitrogens is 2. The van der Waals surface area contributed by atoms with Crippen LogP contribution in [-0.2, 0) is 11.3 Å². The van der Waals surface area contributed by atoms with E-state index in [4.69, 9.17) is 4.42 Å². The number of carbonyl (C=O) groups is 2. The van der Waals surface area contributed by atoms with Gasteiger partial charge in [0, 0.05) is 39.3 Å². The molecule has 0 radical (unpaired) electrons. The zero-order valence-electron chi connectivity index (χ0n) is 15.1. The van der Waals surface area contributed by atoms with Gasteiger partial charge in [-0.2, -0.15) is 5.10 Å². The van der Waals surface area contributed by atoms with Crippen molar-refractivity contribution in [1.29, 1.82) is 0 Å². The molecule has 1 atom stereocenters. The molecule has 0 fully saturated rings. The molecule has 0 aromatic carbocycles. The van der Waals surface area contributed by atoms with E-state index in [9.17, 15) is 9.59 Å². The molecule has 0 bridgehead atoms. The van der Waals surface area contributed by atoms with Crippen LogP contribution in [0.1, 0.15) is 37.3 Å². The van der Waals surface area contributed by atoms with Gasteiger partial charge < -0.3 is 14.6 Å². The first-order valence-electron chi connectivity index (χ1n) is 8.22. The second-order valence-corrected chi connectivity index (χ2v) is 6.12. The molecule has 2 N–H and O–H groups in total. The summed E-state index contributed by atoms with van der Waals surface area (Å²) in [6, 6.07) is 4.81. The second kappa shape index (κ2) is 8.36. The van der Waals surface area contributed by atoms with E-state index in [2.05, 4.69) is 15.7 Å². The fourth-order valence-electron chi connectivity index (χ4n) is 2.28. The minimum absolute atomic E-state index is 0.0898. The number of amides is 3. The topological polar surface area (TPSA) is 92.4 Å². The van der Waals surface area contributed by atoms with Gasteiger partial charge >= 0.3 is 6.03 Å². The van der Waals surface area contributed by atoms with Crippen LogP contribution in [0.15, 0.2) is 28.8 Å². The lowest BCUT2D eigenvalue weighted by Gasteiger charge is -2.11. The number of anilines is 1. The number of urea groups is 1. The highest BCUT2D eigenvalue weighted by atomic mass is 16.3. The van der Waals surface area contributed by atoms with Crippen LogP contribution in [-0.4, -0.2) is 40.7 Å². The Bertz CT molecular complexity index is 719. The molecule has 0 aliphatic rings. The predicted molar refractivity (Wildman–Crippen MR) is 94.2 cm³/mol. The van der Waals surface area contributed by atoms with Crippen LogP contribution in [0.4, 0.5) is 10.6 Å². The summed E-state index contributed by atoms with van der Waals surface area (Å²) in [5.74, 6) is 2.05. The van der Waals surface area contributed by atoms with Crippen molar-refractivity contribution in [2.24, 2.45) is 0 Å². The smallest absolute Gasteiger partial charge is 0.321 e. The van der Waals surface area contributed by atoms with Crippen LogP contribution >= 0.6 is 0 Å². The maximum atomic E-state index is 12.0.